The molecule has 0 aromatic carbocycles. The summed E-state index contributed by atoms with van der Waals surface area (Å²) in [6.07, 6.45) is 14.7. The largest absolute Gasteiger partial charge is 0.0801 e. The van der Waals surface area contributed by atoms with Crippen LogP contribution in [-0.4, -0.2) is 0 Å². The predicted octanol–water partition coefficient (Wildman–Crippen LogP) is 3.54. The van der Waals surface area contributed by atoms with Gasteiger partial charge in [0.2, 0.25) is 0 Å². The number of rotatable bonds is 2. The fourth-order valence-corrected chi connectivity index (χ4v) is 1.87. The van der Waals surface area contributed by atoms with Gasteiger partial charge in [0.25, 0.3) is 0 Å². The van der Waals surface area contributed by atoms with Crippen molar-refractivity contribution in [2.75, 3.05) is 0 Å². The molecule has 0 aromatic rings. The third kappa shape index (κ3) is 1.18. The summed E-state index contributed by atoms with van der Waals surface area (Å²) in [6.45, 7) is 2.23. The smallest absolute Gasteiger partial charge is 0.00857 e. The van der Waals surface area contributed by atoms with Crippen molar-refractivity contribution in [2.45, 2.75) is 26.2 Å². The Labute approximate surface area is 74.0 Å². The van der Waals surface area contributed by atoms with E-state index in [1.54, 1.807) is 5.57 Å². The molecule has 0 bridgehead atoms. The van der Waals surface area contributed by atoms with Crippen LogP contribution in [0.2, 0.25) is 0 Å². The van der Waals surface area contributed by atoms with E-state index in [0.29, 0.717) is 0 Å². The molecular formula is C12H14. The zero-order valence-electron chi connectivity index (χ0n) is 7.51. The van der Waals surface area contributed by atoms with E-state index in [4.69, 9.17) is 0 Å². The first-order chi connectivity index (χ1) is 5.92. The fourth-order valence-electron chi connectivity index (χ4n) is 1.87. The van der Waals surface area contributed by atoms with Gasteiger partial charge in [-0.15, -0.1) is 0 Å². The second-order valence-electron chi connectivity index (χ2n) is 3.26. The molecule has 62 valence electrons. The molecule has 0 unspecified atom stereocenters. The van der Waals surface area contributed by atoms with E-state index < -0.39 is 0 Å². The van der Waals surface area contributed by atoms with Crippen molar-refractivity contribution in [3.05, 3.63) is 47.1 Å². The lowest BCUT2D eigenvalue weighted by Crippen LogP contribution is -1.85. The summed E-state index contributed by atoms with van der Waals surface area (Å²) < 4.78 is 0. The monoisotopic (exact) mass is 158 g/mol. The maximum Gasteiger partial charge on any atom is -0.00857 e. The van der Waals surface area contributed by atoms with Crippen LogP contribution in [0.5, 0.6) is 0 Å². The highest BCUT2D eigenvalue weighted by Gasteiger charge is 2.11. The van der Waals surface area contributed by atoms with E-state index in [1.165, 1.54) is 11.1 Å². The van der Waals surface area contributed by atoms with Gasteiger partial charge in [0.05, 0.1) is 0 Å². The van der Waals surface area contributed by atoms with Crippen molar-refractivity contribution in [3.63, 3.8) is 0 Å². The average molecular weight is 158 g/mol. The molecular weight excluding hydrogens is 144 g/mol. The minimum absolute atomic E-state index is 1.12. The fraction of sp³-hybridized carbons (Fsp3) is 0.333. The van der Waals surface area contributed by atoms with Gasteiger partial charge in [-0.2, -0.15) is 0 Å². The van der Waals surface area contributed by atoms with E-state index in [-0.39, 0.29) is 0 Å². The summed E-state index contributed by atoms with van der Waals surface area (Å²) in [5.41, 5.74) is 4.52. The van der Waals surface area contributed by atoms with Crippen molar-refractivity contribution in [3.8, 4) is 0 Å². The van der Waals surface area contributed by atoms with Crippen LogP contribution in [0.25, 0.3) is 0 Å². The molecule has 0 aromatic heterocycles. The lowest BCUT2D eigenvalue weighted by molar-refractivity contribution is 1.11. The van der Waals surface area contributed by atoms with Crippen LogP contribution in [-0.2, 0) is 0 Å². The average Bonchev–Trinajstić information content (AvgIpc) is 2.74. The number of allylic oxidation sites excluding steroid dienone is 8. The third-order valence-corrected chi connectivity index (χ3v) is 2.53. The zero-order chi connectivity index (χ0) is 8.39. The predicted molar refractivity (Wildman–Crippen MR) is 52.9 cm³/mol. The first-order valence-electron chi connectivity index (χ1n) is 4.67. The molecule has 12 heavy (non-hydrogen) atoms. The van der Waals surface area contributed by atoms with Gasteiger partial charge in [0.1, 0.15) is 0 Å². The first-order valence-corrected chi connectivity index (χ1v) is 4.67. The van der Waals surface area contributed by atoms with Gasteiger partial charge < -0.3 is 0 Å². The van der Waals surface area contributed by atoms with Crippen molar-refractivity contribution >= 4 is 0 Å². The van der Waals surface area contributed by atoms with E-state index >= 15 is 0 Å². The van der Waals surface area contributed by atoms with Gasteiger partial charge in [-0.25, -0.2) is 0 Å². The Bertz CT molecular complexity index is 298. The summed E-state index contributed by atoms with van der Waals surface area (Å²) in [7, 11) is 0. The molecule has 0 nitrogen and oxygen atoms in total. The van der Waals surface area contributed by atoms with Crippen LogP contribution in [0.1, 0.15) is 26.2 Å². The standard InChI is InChI=1S/C12H14/c1-2-10-8-5-9-12(10)11-6-3-4-7-11/h3,5-8H,2,4,9H2,1H3. The molecule has 2 aliphatic carbocycles. The summed E-state index contributed by atoms with van der Waals surface area (Å²) in [5, 5.41) is 0. The van der Waals surface area contributed by atoms with Gasteiger partial charge in [-0.05, 0) is 36.0 Å². The number of hydrogen-bond donors (Lipinski definition) is 0. The van der Waals surface area contributed by atoms with E-state index in [2.05, 4.69) is 37.3 Å². The molecule has 0 fully saturated rings. The maximum atomic E-state index is 2.32. The van der Waals surface area contributed by atoms with Crippen LogP contribution in [0, 0.1) is 0 Å². The normalized spacial score (nSPS) is 20.9. The second-order valence-corrected chi connectivity index (χ2v) is 3.26. The summed E-state index contributed by atoms with van der Waals surface area (Å²) in [5.74, 6) is 0. The molecule has 0 aliphatic heterocycles. The van der Waals surface area contributed by atoms with Crippen LogP contribution < -0.4 is 0 Å². The first kappa shape index (κ1) is 7.60. The molecule has 0 radical (unpaired) electrons. The third-order valence-electron chi connectivity index (χ3n) is 2.53. The summed E-state index contributed by atoms with van der Waals surface area (Å²) >= 11 is 0. The Morgan fingerprint density at radius 2 is 2.17 bits per heavy atom. The second kappa shape index (κ2) is 3.14. The minimum atomic E-state index is 1.12. The summed E-state index contributed by atoms with van der Waals surface area (Å²) in [4.78, 5) is 0. The zero-order valence-corrected chi connectivity index (χ0v) is 7.51. The van der Waals surface area contributed by atoms with Gasteiger partial charge in [-0.1, -0.05) is 37.3 Å². The lowest BCUT2D eigenvalue weighted by Gasteiger charge is -2.04. The summed E-state index contributed by atoms with van der Waals surface area (Å²) in [6, 6.07) is 0. The lowest BCUT2D eigenvalue weighted by atomic mass is 10.0. The highest BCUT2D eigenvalue weighted by molar-refractivity contribution is 5.52. The molecule has 2 rings (SSSR count). The highest BCUT2D eigenvalue weighted by Crippen LogP contribution is 2.30. The molecule has 0 spiro atoms. The molecule has 0 heterocycles. The van der Waals surface area contributed by atoms with Gasteiger partial charge in [-0.3, -0.25) is 0 Å². The highest BCUT2D eigenvalue weighted by atomic mass is 14.2. The van der Waals surface area contributed by atoms with Crippen LogP contribution in [0.4, 0.5) is 0 Å². The van der Waals surface area contributed by atoms with Crippen LogP contribution in [0.15, 0.2) is 47.1 Å². The Kier molecular flexibility index (Phi) is 1.99. The molecule has 0 N–H and O–H groups in total. The Morgan fingerprint density at radius 3 is 2.83 bits per heavy atom. The topological polar surface area (TPSA) is 0 Å². The molecule has 0 saturated carbocycles. The minimum Gasteiger partial charge on any atom is -0.0801 e. The van der Waals surface area contributed by atoms with Crippen molar-refractivity contribution in [2.24, 2.45) is 0 Å². The SMILES string of the molecule is CCC1=C(C2=CCC=C2)CC=C1. The van der Waals surface area contributed by atoms with E-state index in [9.17, 15) is 0 Å². The van der Waals surface area contributed by atoms with Crippen LogP contribution in [0.3, 0.4) is 0 Å². The van der Waals surface area contributed by atoms with Gasteiger partial charge >= 0.3 is 0 Å². The van der Waals surface area contributed by atoms with Crippen LogP contribution >= 0.6 is 0 Å². The van der Waals surface area contributed by atoms with Crippen molar-refractivity contribution in [1.82, 2.24) is 0 Å². The maximum absolute atomic E-state index is 2.32. The van der Waals surface area contributed by atoms with Gasteiger partial charge in [0, 0.05) is 0 Å². The van der Waals surface area contributed by atoms with Crippen molar-refractivity contribution < 1.29 is 0 Å². The van der Waals surface area contributed by atoms with Crippen molar-refractivity contribution in [1.29, 1.82) is 0 Å². The molecule has 0 saturated heterocycles. The van der Waals surface area contributed by atoms with Gasteiger partial charge in [0.15, 0.2) is 0 Å². The van der Waals surface area contributed by atoms with E-state index in [1.807, 2.05) is 0 Å². The molecule has 0 atom stereocenters. The number of hydrogen-bond acceptors (Lipinski definition) is 0. The van der Waals surface area contributed by atoms with E-state index in [0.717, 1.165) is 19.3 Å². The molecule has 2 aliphatic rings. The quantitative estimate of drug-likeness (QED) is 0.576. The molecule has 0 amide bonds. The molecule has 0 heteroatoms. The Morgan fingerprint density at radius 1 is 1.25 bits per heavy atom. The Hall–Kier alpha value is -1.04. The Balaban J connectivity index is 2.29.